The zero-order valence-electron chi connectivity index (χ0n) is 5.88. The monoisotopic (exact) mass is 169 g/mol. The Balaban J connectivity index is 2.63. The van der Waals surface area contributed by atoms with Crippen LogP contribution in [0, 0.1) is 0 Å². The van der Waals surface area contributed by atoms with E-state index in [1.807, 2.05) is 18.2 Å². The molecule has 11 heavy (non-hydrogen) atoms. The Morgan fingerprint density at radius 2 is 2.36 bits per heavy atom. The normalized spacial score (nSPS) is 9.18. The smallest absolute Gasteiger partial charge is 0.207 e. The molecule has 0 unspecified atom stereocenters. The molecule has 0 spiro atoms. The first-order chi connectivity index (χ1) is 5.33. The molecule has 0 aromatic heterocycles. The van der Waals surface area contributed by atoms with Gasteiger partial charge in [0.2, 0.25) is 6.41 Å². The molecule has 0 fully saturated rings. The van der Waals surface area contributed by atoms with Crippen LogP contribution >= 0.6 is 11.6 Å². The molecule has 58 valence electrons. The first-order valence-corrected chi connectivity index (χ1v) is 3.62. The van der Waals surface area contributed by atoms with Crippen molar-refractivity contribution in [2.75, 3.05) is 0 Å². The minimum Gasteiger partial charge on any atom is -0.355 e. The summed E-state index contributed by atoms with van der Waals surface area (Å²) in [6.45, 7) is 0.532. The molecule has 0 heterocycles. The van der Waals surface area contributed by atoms with E-state index in [-0.39, 0.29) is 0 Å². The third-order valence-electron chi connectivity index (χ3n) is 1.28. The van der Waals surface area contributed by atoms with Gasteiger partial charge < -0.3 is 5.32 Å². The number of rotatable bonds is 3. The summed E-state index contributed by atoms with van der Waals surface area (Å²) >= 11 is 5.71. The van der Waals surface area contributed by atoms with Gasteiger partial charge in [-0.3, -0.25) is 4.79 Å². The topological polar surface area (TPSA) is 29.1 Å². The highest BCUT2D eigenvalue weighted by molar-refractivity contribution is 6.30. The van der Waals surface area contributed by atoms with Crippen LogP contribution in [0.25, 0.3) is 0 Å². The van der Waals surface area contributed by atoms with Gasteiger partial charge in [0.15, 0.2) is 0 Å². The molecule has 0 saturated heterocycles. The van der Waals surface area contributed by atoms with Gasteiger partial charge in [0.25, 0.3) is 0 Å². The number of carbonyl (C=O) groups is 1. The summed E-state index contributed by atoms with van der Waals surface area (Å²) in [5.74, 6) is 0. The fourth-order valence-corrected chi connectivity index (χ4v) is 1.02. The van der Waals surface area contributed by atoms with Crippen LogP contribution in [0.4, 0.5) is 0 Å². The summed E-state index contributed by atoms with van der Waals surface area (Å²) < 4.78 is 0. The number of halogens is 1. The van der Waals surface area contributed by atoms with Crippen LogP contribution in [0.5, 0.6) is 0 Å². The summed E-state index contributed by atoms with van der Waals surface area (Å²) in [7, 11) is 0. The third kappa shape index (κ3) is 2.60. The van der Waals surface area contributed by atoms with E-state index in [2.05, 4.69) is 5.32 Å². The minimum absolute atomic E-state index is 0.532. The molecule has 1 aromatic rings. The van der Waals surface area contributed by atoms with E-state index in [9.17, 15) is 4.79 Å². The molecule has 3 heteroatoms. The Labute approximate surface area is 70.2 Å². The molecule has 0 aliphatic heterocycles. The number of hydrogen-bond donors (Lipinski definition) is 1. The Hall–Kier alpha value is -1.02. The van der Waals surface area contributed by atoms with Crippen LogP contribution < -0.4 is 5.32 Å². The van der Waals surface area contributed by atoms with Crippen molar-refractivity contribution < 1.29 is 4.79 Å². The second-order valence-corrected chi connectivity index (χ2v) is 2.57. The van der Waals surface area contributed by atoms with Gasteiger partial charge in [-0.05, 0) is 17.7 Å². The quantitative estimate of drug-likeness (QED) is 0.684. The van der Waals surface area contributed by atoms with Crippen LogP contribution in [0.1, 0.15) is 5.56 Å². The van der Waals surface area contributed by atoms with E-state index in [1.54, 1.807) is 6.07 Å². The average Bonchev–Trinajstić information content (AvgIpc) is 2.01. The Bertz CT molecular complexity index is 250. The molecular formula is C8H8ClNO. The molecule has 0 bridgehead atoms. The number of amides is 1. The van der Waals surface area contributed by atoms with Gasteiger partial charge in [0.05, 0.1) is 0 Å². The molecule has 0 aliphatic rings. The number of benzene rings is 1. The van der Waals surface area contributed by atoms with Crippen LogP contribution in [0.3, 0.4) is 0 Å². The van der Waals surface area contributed by atoms with Gasteiger partial charge in [-0.25, -0.2) is 0 Å². The Kier molecular flexibility index (Phi) is 2.93. The summed E-state index contributed by atoms with van der Waals surface area (Å²) in [5, 5.41) is 3.24. The third-order valence-corrected chi connectivity index (χ3v) is 1.51. The molecule has 2 nitrogen and oxygen atoms in total. The molecule has 0 radical (unpaired) electrons. The van der Waals surface area contributed by atoms with Crippen LogP contribution in [0.15, 0.2) is 24.3 Å². The first-order valence-electron chi connectivity index (χ1n) is 3.24. The molecule has 1 aromatic carbocycles. The zero-order valence-corrected chi connectivity index (χ0v) is 6.64. The van der Waals surface area contributed by atoms with E-state index in [4.69, 9.17) is 11.6 Å². The highest BCUT2D eigenvalue weighted by Gasteiger charge is 1.91. The van der Waals surface area contributed by atoms with Crippen molar-refractivity contribution >= 4 is 18.0 Å². The Morgan fingerprint density at radius 3 is 3.00 bits per heavy atom. The lowest BCUT2D eigenvalue weighted by Gasteiger charge is -1.98. The summed E-state index contributed by atoms with van der Waals surface area (Å²) in [4.78, 5) is 9.92. The van der Waals surface area contributed by atoms with E-state index >= 15 is 0 Å². The van der Waals surface area contributed by atoms with Gasteiger partial charge >= 0.3 is 0 Å². The van der Waals surface area contributed by atoms with Crippen molar-refractivity contribution in [3.63, 3.8) is 0 Å². The van der Waals surface area contributed by atoms with Crippen LogP contribution in [-0.2, 0) is 11.3 Å². The lowest BCUT2D eigenvalue weighted by atomic mass is 10.2. The first kappa shape index (κ1) is 8.08. The lowest BCUT2D eigenvalue weighted by molar-refractivity contribution is -0.109. The fraction of sp³-hybridized carbons (Fsp3) is 0.125. The van der Waals surface area contributed by atoms with Crippen molar-refractivity contribution in [3.8, 4) is 0 Å². The van der Waals surface area contributed by atoms with Crippen molar-refractivity contribution in [1.82, 2.24) is 5.32 Å². The van der Waals surface area contributed by atoms with E-state index in [1.165, 1.54) is 0 Å². The largest absolute Gasteiger partial charge is 0.355 e. The molecule has 0 aliphatic carbocycles. The maximum atomic E-state index is 9.92. The van der Waals surface area contributed by atoms with Crippen LogP contribution in [0.2, 0.25) is 5.02 Å². The molecule has 1 rings (SSSR count). The van der Waals surface area contributed by atoms with Gasteiger partial charge in [0.1, 0.15) is 0 Å². The predicted molar refractivity (Wildman–Crippen MR) is 44.4 cm³/mol. The highest BCUT2D eigenvalue weighted by atomic mass is 35.5. The Morgan fingerprint density at radius 1 is 1.55 bits per heavy atom. The molecule has 0 atom stereocenters. The summed E-state index contributed by atoms with van der Waals surface area (Å²) in [6.07, 6.45) is 0.668. The maximum absolute atomic E-state index is 9.92. The van der Waals surface area contributed by atoms with Crippen LogP contribution in [-0.4, -0.2) is 6.41 Å². The molecule has 0 saturated carbocycles. The highest BCUT2D eigenvalue weighted by Crippen LogP contribution is 2.09. The molecule has 1 amide bonds. The van der Waals surface area contributed by atoms with Crippen molar-refractivity contribution in [3.05, 3.63) is 34.9 Å². The van der Waals surface area contributed by atoms with Gasteiger partial charge in [-0.15, -0.1) is 0 Å². The SMILES string of the molecule is O=CNCc1cccc(Cl)c1. The predicted octanol–water partition coefficient (Wildman–Crippen LogP) is 1.59. The standard InChI is InChI=1S/C8H8ClNO/c9-8-3-1-2-7(4-8)5-10-6-11/h1-4,6H,5H2,(H,10,11). The lowest BCUT2D eigenvalue weighted by Crippen LogP contribution is -2.09. The van der Waals surface area contributed by atoms with Gasteiger partial charge in [-0.2, -0.15) is 0 Å². The zero-order chi connectivity index (χ0) is 8.10. The second kappa shape index (κ2) is 3.98. The minimum atomic E-state index is 0.532. The number of hydrogen-bond acceptors (Lipinski definition) is 1. The second-order valence-electron chi connectivity index (χ2n) is 2.13. The van der Waals surface area contributed by atoms with Crippen molar-refractivity contribution in [2.24, 2.45) is 0 Å². The number of carbonyl (C=O) groups excluding carboxylic acids is 1. The molecular weight excluding hydrogens is 162 g/mol. The van der Waals surface area contributed by atoms with Gasteiger partial charge in [0, 0.05) is 11.6 Å². The van der Waals surface area contributed by atoms with E-state index in [0.717, 1.165) is 5.56 Å². The van der Waals surface area contributed by atoms with Crippen molar-refractivity contribution in [2.45, 2.75) is 6.54 Å². The average molecular weight is 170 g/mol. The maximum Gasteiger partial charge on any atom is 0.207 e. The molecule has 1 N–H and O–H groups in total. The van der Waals surface area contributed by atoms with Crippen molar-refractivity contribution in [1.29, 1.82) is 0 Å². The number of nitrogens with one attached hydrogen (secondary N) is 1. The summed E-state index contributed by atoms with van der Waals surface area (Å²) in [6, 6.07) is 7.37. The fourth-order valence-electron chi connectivity index (χ4n) is 0.806. The van der Waals surface area contributed by atoms with E-state index < -0.39 is 0 Å². The van der Waals surface area contributed by atoms with E-state index in [0.29, 0.717) is 18.0 Å². The van der Waals surface area contributed by atoms with Gasteiger partial charge in [-0.1, -0.05) is 23.7 Å². The summed E-state index contributed by atoms with van der Waals surface area (Å²) in [5.41, 5.74) is 1.00.